The SMILES string of the molecule is N#Cc1cccc([C@H](N)CC2CC2)c1. The second-order valence-electron chi connectivity index (χ2n) is 4.02. The maximum absolute atomic E-state index is 8.75. The lowest BCUT2D eigenvalue weighted by molar-refractivity contribution is 0.597. The minimum atomic E-state index is 0.107. The molecule has 0 unspecified atom stereocenters. The van der Waals surface area contributed by atoms with E-state index in [1.807, 2.05) is 24.3 Å². The van der Waals surface area contributed by atoms with Gasteiger partial charge in [0.25, 0.3) is 0 Å². The van der Waals surface area contributed by atoms with Crippen LogP contribution < -0.4 is 5.73 Å². The summed E-state index contributed by atoms with van der Waals surface area (Å²) in [6.45, 7) is 0. The van der Waals surface area contributed by atoms with Gasteiger partial charge in [-0.05, 0) is 30.0 Å². The van der Waals surface area contributed by atoms with E-state index < -0.39 is 0 Å². The van der Waals surface area contributed by atoms with E-state index >= 15 is 0 Å². The van der Waals surface area contributed by atoms with Crippen LogP contribution in [0.2, 0.25) is 0 Å². The Hall–Kier alpha value is -1.33. The highest BCUT2D eigenvalue weighted by atomic mass is 14.6. The van der Waals surface area contributed by atoms with E-state index in [0.717, 1.165) is 17.9 Å². The van der Waals surface area contributed by atoms with Crippen molar-refractivity contribution in [1.82, 2.24) is 0 Å². The van der Waals surface area contributed by atoms with Gasteiger partial charge in [0.05, 0.1) is 11.6 Å². The smallest absolute Gasteiger partial charge is 0.0991 e. The van der Waals surface area contributed by atoms with E-state index in [9.17, 15) is 0 Å². The van der Waals surface area contributed by atoms with Crippen molar-refractivity contribution in [2.45, 2.75) is 25.3 Å². The minimum Gasteiger partial charge on any atom is -0.324 e. The molecular formula is C12H14N2. The summed E-state index contributed by atoms with van der Waals surface area (Å²) in [6.07, 6.45) is 3.71. The Morgan fingerprint density at radius 2 is 2.29 bits per heavy atom. The maximum atomic E-state index is 8.75. The van der Waals surface area contributed by atoms with Gasteiger partial charge >= 0.3 is 0 Å². The van der Waals surface area contributed by atoms with Crippen LogP contribution in [0.15, 0.2) is 24.3 Å². The van der Waals surface area contributed by atoms with Crippen LogP contribution >= 0.6 is 0 Å². The number of benzene rings is 1. The van der Waals surface area contributed by atoms with Crippen molar-refractivity contribution in [3.05, 3.63) is 35.4 Å². The molecule has 1 atom stereocenters. The third-order valence-corrected chi connectivity index (χ3v) is 2.73. The standard InChI is InChI=1S/C12H14N2/c13-8-10-2-1-3-11(6-10)12(14)7-9-4-5-9/h1-3,6,9,12H,4-5,7,14H2/t12-/m1/s1. The van der Waals surface area contributed by atoms with E-state index in [1.165, 1.54) is 12.8 Å². The van der Waals surface area contributed by atoms with Crippen molar-refractivity contribution in [3.8, 4) is 6.07 Å². The Balaban J connectivity index is 2.09. The molecule has 1 aromatic carbocycles. The monoisotopic (exact) mass is 186 g/mol. The van der Waals surface area contributed by atoms with Gasteiger partial charge in [0.2, 0.25) is 0 Å². The molecule has 0 heterocycles. The summed E-state index contributed by atoms with van der Waals surface area (Å²) in [4.78, 5) is 0. The van der Waals surface area contributed by atoms with Gasteiger partial charge in [-0.2, -0.15) is 5.26 Å². The normalized spacial score (nSPS) is 17.4. The molecule has 2 N–H and O–H groups in total. The van der Waals surface area contributed by atoms with Gasteiger partial charge in [-0.25, -0.2) is 0 Å². The van der Waals surface area contributed by atoms with Crippen molar-refractivity contribution in [3.63, 3.8) is 0 Å². The number of nitrogens with zero attached hydrogens (tertiary/aromatic N) is 1. The lowest BCUT2D eigenvalue weighted by atomic mass is 10.0. The van der Waals surface area contributed by atoms with E-state index in [0.29, 0.717) is 5.56 Å². The van der Waals surface area contributed by atoms with Crippen LogP contribution in [0.25, 0.3) is 0 Å². The molecule has 0 radical (unpaired) electrons. The molecule has 1 saturated carbocycles. The van der Waals surface area contributed by atoms with Gasteiger partial charge < -0.3 is 5.73 Å². The number of hydrogen-bond donors (Lipinski definition) is 1. The summed E-state index contributed by atoms with van der Waals surface area (Å²) in [7, 11) is 0. The van der Waals surface area contributed by atoms with E-state index in [4.69, 9.17) is 11.0 Å². The van der Waals surface area contributed by atoms with Crippen LogP contribution in [-0.4, -0.2) is 0 Å². The molecule has 72 valence electrons. The number of hydrogen-bond acceptors (Lipinski definition) is 2. The average Bonchev–Trinajstić information content (AvgIpc) is 3.02. The Morgan fingerprint density at radius 3 is 2.93 bits per heavy atom. The van der Waals surface area contributed by atoms with Gasteiger partial charge in [-0.3, -0.25) is 0 Å². The van der Waals surface area contributed by atoms with Crippen LogP contribution in [0.5, 0.6) is 0 Å². The van der Waals surface area contributed by atoms with Gasteiger partial charge in [0.15, 0.2) is 0 Å². The molecule has 1 fully saturated rings. The van der Waals surface area contributed by atoms with Gasteiger partial charge in [-0.1, -0.05) is 25.0 Å². The fourth-order valence-electron chi connectivity index (χ4n) is 1.69. The van der Waals surface area contributed by atoms with E-state index in [1.54, 1.807) is 0 Å². The number of rotatable bonds is 3. The Labute approximate surface area is 84.3 Å². The van der Waals surface area contributed by atoms with Gasteiger partial charge in [0.1, 0.15) is 0 Å². The maximum Gasteiger partial charge on any atom is 0.0991 e. The third-order valence-electron chi connectivity index (χ3n) is 2.73. The molecule has 2 nitrogen and oxygen atoms in total. The molecule has 0 saturated heterocycles. The fraction of sp³-hybridized carbons (Fsp3) is 0.417. The molecule has 0 aliphatic heterocycles. The second kappa shape index (κ2) is 3.81. The summed E-state index contributed by atoms with van der Waals surface area (Å²) < 4.78 is 0. The molecule has 0 bridgehead atoms. The van der Waals surface area contributed by atoms with Crippen LogP contribution in [0, 0.1) is 17.2 Å². The van der Waals surface area contributed by atoms with Crippen LogP contribution in [-0.2, 0) is 0 Å². The van der Waals surface area contributed by atoms with Crippen molar-refractivity contribution >= 4 is 0 Å². The highest BCUT2D eigenvalue weighted by Gasteiger charge is 2.24. The van der Waals surface area contributed by atoms with Crippen LogP contribution in [0.1, 0.15) is 36.4 Å². The Bertz CT molecular complexity index is 361. The zero-order valence-corrected chi connectivity index (χ0v) is 8.11. The fourth-order valence-corrected chi connectivity index (χ4v) is 1.69. The zero-order chi connectivity index (χ0) is 9.97. The van der Waals surface area contributed by atoms with Gasteiger partial charge in [-0.15, -0.1) is 0 Å². The summed E-state index contributed by atoms with van der Waals surface area (Å²) in [5, 5.41) is 8.75. The van der Waals surface area contributed by atoms with Crippen molar-refractivity contribution in [2.24, 2.45) is 11.7 Å². The second-order valence-corrected chi connectivity index (χ2v) is 4.02. The molecule has 0 amide bonds. The third kappa shape index (κ3) is 2.12. The lowest BCUT2D eigenvalue weighted by Gasteiger charge is -2.11. The molecule has 1 aliphatic rings. The van der Waals surface area contributed by atoms with Crippen molar-refractivity contribution < 1.29 is 0 Å². The van der Waals surface area contributed by atoms with E-state index in [-0.39, 0.29) is 6.04 Å². The molecule has 14 heavy (non-hydrogen) atoms. The molecule has 1 aromatic rings. The number of nitriles is 1. The van der Waals surface area contributed by atoms with Crippen molar-refractivity contribution in [2.75, 3.05) is 0 Å². The quantitative estimate of drug-likeness (QED) is 0.787. The summed E-state index contributed by atoms with van der Waals surface area (Å²) in [6, 6.07) is 9.86. The van der Waals surface area contributed by atoms with Crippen LogP contribution in [0.3, 0.4) is 0 Å². The molecule has 2 heteroatoms. The Morgan fingerprint density at radius 1 is 1.50 bits per heavy atom. The molecule has 1 aliphatic carbocycles. The molecular weight excluding hydrogens is 172 g/mol. The van der Waals surface area contributed by atoms with E-state index in [2.05, 4.69) is 6.07 Å². The lowest BCUT2D eigenvalue weighted by Crippen LogP contribution is -2.10. The molecule has 0 spiro atoms. The summed E-state index contributed by atoms with van der Waals surface area (Å²) in [5.41, 5.74) is 7.85. The first kappa shape index (κ1) is 9.23. The summed E-state index contributed by atoms with van der Waals surface area (Å²) >= 11 is 0. The zero-order valence-electron chi connectivity index (χ0n) is 8.11. The Kier molecular flexibility index (Phi) is 2.51. The molecule has 0 aromatic heterocycles. The predicted molar refractivity (Wildman–Crippen MR) is 55.4 cm³/mol. The first-order valence-electron chi connectivity index (χ1n) is 5.05. The topological polar surface area (TPSA) is 49.8 Å². The van der Waals surface area contributed by atoms with Crippen molar-refractivity contribution in [1.29, 1.82) is 5.26 Å². The van der Waals surface area contributed by atoms with Gasteiger partial charge in [0, 0.05) is 6.04 Å². The summed E-state index contributed by atoms with van der Waals surface area (Å²) in [5.74, 6) is 0.829. The largest absolute Gasteiger partial charge is 0.324 e. The predicted octanol–water partition coefficient (Wildman–Crippen LogP) is 2.36. The molecule has 2 rings (SSSR count). The van der Waals surface area contributed by atoms with Crippen LogP contribution in [0.4, 0.5) is 0 Å². The first-order valence-corrected chi connectivity index (χ1v) is 5.05. The average molecular weight is 186 g/mol. The first-order chi connectivity index (χ1) is 6.79. The number of nitrogens with two attached hydrogens (primary N) is 1. The highest BCUT2D eigenvalue weighted by Crippen LogP contribution is 2.36. The minimum absolute atomic E-state index is 0.107. The highest BCUT2D eigenvalue weighted by molar-refractivity contribution is 5.34.